The van der Waals surface area contributed by atoms with Crippen molar-refractivity contribution in [1.82, 2.24) is 9.80 Å². The van der Waals surface area contributed by atoms with E-state index in [1.807, 2.05) is 31.2 Å². The molecule has 0 aromatic heterocycles. The first kappa shape index (κ1) is 10.7. The van der Waals surface area contributed by atoms with Gasteiger partial charge in [0.15, 0.2) is 0 Å². The summed E-state index contributed by atoms with van der Waals surface area (Å²) in [5, 5.41) is 0. The number of aryl methyl sites for hydroxylation is 1. The van der Waals surface area contributed by atoms with Gasteiger partial charge in [0, 0.05) is 14.1 Å². The SMILES string of the molecule is Cc1ccccc1C1C(=O)N(C)C(=O)N1C. The molecule has 3 amide bonds. The van der Waals surface area contributed by atoms with Gasteiger partial charge >= 0.3 is 6.03 Å². The van der Waals surface area contributed by atoms with Gasteiger partial charge in [-0.3, -0.25) is 9.69 Å². The third-order valence-electron chi connectivity index (χ3n) is 3.02. The first-order valence-corrected chi connectivity index (χ1v) is 5.14. The van der Waals surface area contributed by atoms with Crippen LogP contribution in [-0.4, -0.2) is 35.8 Å². The predicted octanol–water partition coefficient (Wildman–Crippen LogP) is 1.56. The summed E-state index contributed by atoms with van der Waals surface area (Å²) >= 11 is 0. The van der Waals surface area contributed by atoms with E-state index < -0.39 is 6.04 Å². The van der Waals surface area contributed by atoms with Crippen molar-refractivity contribution in [3.8, 4) is 0 Å². The summed E-state index contributed by atoms with van der Waals surface area (Å²) in [7, 11) is 3.17. The van der Waals surface area contributed by atoms with Gasteiger partial charge in [-0.1, -0.05) is 24.3 Å². The van der Waals surface area contributed by atoms with Crippen LogP contribution in [-0.2, 0) is 4.79 Å². The Morgan fingerprint density at radius 2 is 1.75 bits per heavy atom. The summed E-state index contributed by atoms with van der Waals surface area (Å²) < 4.78 is 0. The van der Waals surface area contributed by atoms with E-state index in [2.05, 4.69) is 0 Å². The first-order chi connectivity index (χ1) is 7.54. The number of nitrogens with zero attached hydrogens (tertiary/aromatic N) is 2. The Morgan fingerprint density at radius 3 is 2.25 bits per heavy atom. The second kappa shape index (κ2) is 3.63. The number of benzene rings is 1. The van der Waals surface area contributed by atoms with Crippen LogP contribution in [0.15, 0.2) is 24.3 Å². The maximum Gasteiger partial charge on any atom is 0.327 e. The molecule has 1 heterocycles. The molecule has 0 bridgehead atoms. The Kier molecular flexibility index (Phi) is 2.42. The fourth-order valence-corrected chi connectivity index (χ4v) is 2.03. The molecule has 1 unspecified atom stereocenters. The van der Waals surface area contributed by atoms with Gasteiger partial charge < -0.3 is 4.90 Å². The predicted molar refractivity (Wildman–Crippen MR) is 59.8 cm³/mol. The zero-order chi connectivity index (χ0) is 11.9. The maximum atomic E-state index is 11.9. The summed E-state index contributed by atoms with van der Waals surface area (Å²) in [5.74, 6) is -0.165. The highest BCUT2D eigenvalue weighted by Gasteiger charge is 2.42. The molecule has 1 aliphatic rings. The molecular weight excluding hydrogens is 204 g/mol. The highest BCUT2D eigenvalue weighted by atomic mass is 16.2. The van der Waals surface area contributed by atoms with Crippen LogP contribution < -0.4 is 0 Å². The van der Waals surface area contributed by atoms with E-state index in [0.29, 0.717) is 0 Å². The first-order valence-electron chi connectivity index (χ1n) is 5.14. The molecule has 2 rings (SSSR count). The number of rotatable bonds is 1. The number of urea groups is 1. The molecule has 1 aromatic carbocycles. The number of carbonyl (C=O) groups excluding carboxylic acids is 2. The number of hydrogen-bond acceptors (Lipinski definition) is 2. The van der Waals surface area contributed by atoms with E-state index in [-0.39, 0.29) is 11.9 Å². The third-order valence-corrected chi connectivity index (χ3v) is 3.02. The Morgan fingerprint density at radius 1 is 1.12 bits per heavy atom. The van der Waals surface area contributed by atoms with Gasteiger partial charge in [0.25, 0.3) is 5.91 Å². The molecule has 84 valence electrons. The van der Waals surface area contributed by atoms with Crippen molar-refractivity contribution < 1.29 is 9.59 Å². The van der Waals surface area contributed by atoms with E-state index in [1.54, 1.807) is 7.05 Å². The summed E-state index contributed by atoms with van der Waals surface area (Å²) in [6.07, 6.45) is 0. The molecule has 4 nitrogen and oxygen atoms in total. The topological polar surface area (TPSA) is 40.6 Å². The quantitative estimate of drug-likeness (QED) is 0.671. The van der Waals surface area contributed by atoms with Crippen molar-refractivity contribution >= 4 is 11.9 Å². The minimum atomic E-state index is -0.473. The van der Waals surface area contributed by atoms with Crippen LogP contribution in [0.3, 0.4) is 0 Å². The van der Waals surface area contributed by atoms with Crippen LogP contribution in [0.5, 0.6) is 0 Å². The monoisotopic (exact) mass is 218 g/mol. The highest BCUT2D eigenvalue weighted by molar-refractivity contribution is 6.04. The van der Waals surface area contributed by atoms with E-state index in [0.717, 1.165) is 16.0 Å². The van der Waals surface area contributed by atoms with Crippen LogP contribution in [0.1, 0.15) is 17.2 Å². The summed E-state index contributed by atoms with van der Waals surface area (Å²) in [6.45, 7) is 1.94. The van der Waals surface area contributed by atoms with Crippen LogP contribution in [0.2, 0.25) is 0 Å². The van der Waals surface area contributed by atoms with Crippen molar-refractivity contribution in [1.29, 1.82) is 0 Å². The minimum absolute atomic E-state index is 0.165. The van der Waals surface area contributed by atoms with Gasteiger partial charge in [-0.2, -0.15) is 0 Å². The summed E-state index contributed by atoms with van der Waals surface area (Å²) in [6, 6.07) is 6.91. The summed E-state index contributed by atoms with van der Waals surface area (Å²) in [4.78, 5) is 26.2. The second-order valence-corrected chi connectivity index (χ2v) is 4.05. The Hall–Kier alpha value is -1.84. The van der Waals surface area contributed by atoms with Crippen LogP contribution in [0.25, 0.3) is 0 Å². The number of likely N-dealkylation sites (N-methyl/N-ethyl adjacent to an activating group) is 2. The molecule has 1 aromatic rings. The lowest BCUT2D eigenvalue weighted by Gasteiger charge is -2.18. The fourth-order valence-electron chi connectivity index (χ4n) is 2.03. The molecule has 0 saturated carbocycles. The molecule has 16 heavy (non-hydrogen) atoms. The van der Waals surface area contributed by atoms with E-state index in [9.17, 15) is 9.59 Å². The van der Waals surface area contributed by atoms with Crippen molar-refractivity contribution in [2.75, 3.05) is 14.1 Å². The molecule has 1 saturated heterocycles. The van der Waals surface area contributed by atoms with Crippen molar-refractivity contribution in [3.63, 3.8) is 0 Å². The summed E-state index contributed by atoms with van der Waals surface area (Å²) in [5.41, 5.74) is 1.92. The number of amides is 3. The van der Waals surface area contributed by atoms with Gasteiger partial charge in [-0.15, -0.1) is 0 Å². The normalized spacial score (nSPS) is 20.8. The average Bonchev–Trinajstić information content (AvgIpc) is 2.45. The van der Waals surface area contributed by atoms with E-state index in [1.165, 1.54) is 11.9 Å². The lowest BCUT2D eigenvalue weighted by molar-refractivity contribution is -0.127. The largest absolute Gasteiger partial charge is 0.327 e. The lowest BCUT2D eigenvalue weighted by atomic mass is 10.0. The molecule has 0 N–H and O–H groups in total. The minimum Gasteiger partial charge on any atom is -0.311 e. The molecule has 0 aliphatic carbocycles. The number of imide groups is 1. The standard InChI is InChI=1S/C12H14N2O2/c1-8-6-4-5-7-9(8)10-11(15)14(3)12(16)13(10)2/h4-7,10H,1-3H3. The molecule has 0 radical (unpaired) electrons. The maximum absolute atomic E-state index is 11.9. The molecule has 1 atom stereocenters. The van der Waals surface area contributed by atoms with Gasteiger partial charge in [0.2, 0.25) is 0 Å². The van der Waals surface area contributed by atoms with E-state index in [4.69, 9.17) is 0 Å². The van der Waals surface area contributed by atoms with Gasteiger partial charge in [0.05, 0.1) is 0 Å². The Labute approximate surface area is 94.5 Å². The average molecular weight is 218 g/mol. The fraction of sp³-hybridized carbons (Fsp3) is 0.333. The van der Waals surface area contributed by atoms with Crippen molar-refractivity contribution in [2.24, 2.45) is 0 Å². The van der Waals surface area contributed by atoms with Crippen molar-refractivity contribution in [2.45, 2.75) is 13.0 Å². The zero-order valence-electron chi connectivity index (χ0n) is 9.60. The Balaban J connectivity index is 2.46. The molecule has 4 heteroatoms. The smallest absolute Gasteiger partial charge is 0.311 e. The van der Waals surface area contributed by atoms with Crippen LogP contribution in [0.4, 0.5) is 4.79 Å². The molecular formula is C12H14N2O2. The lowest BCUT2D eigenvalue weighted by Crippen LogP contribution is -2.27. The second-order valence-electron chi connectivity index (χ2n) is 4.05. The molecule has 0 spiro atoms. The van der Waals surface area contributed by atoms with E-state index >= 15 is 0 Å². The van der Waals surface area contributed by atoms with Gasteiger partial charge in [-0.25, -0.2) is 4.79 Å². The number of hydrogen-bond donors (Lipinski definition) is 0. The zero-order valence-corrected chi connectivity index (χ0v) is 9.60. The number of carbonyl (C=O) groups is 2. The highest BCUT2D eigenvalue weighted by Crippen LogP contribution is 2.30. The van der Waals surface area contributed by atoms with Crippen LogP contribution >= 0.6 is 0 Å². The third kappa shape index (κ3) is 1.38. The molecule has 1 fully saturated rings. The van der Waals surface area contributed by atoms with Gasteiger partial charge in [-0.05, 0) is 18.1 Å². The Bertz CT molecular complexity index is 456. The van der Waals surface area contributed by atoms with Gasteiger partial charge in [0.1, 0.15) is 6.04 Å². The molecule has 1 aliphatic heterocycles. The van der Waals surface area contributed by atoms with Crippen molar-refractivity contribution in [3.05, 3.63) is 35.4 Å². The van der Waals surface area contributed by atoms with Crippen LogP contribution in [0, 0.1) is 6.92 Å².